The van der Waals surface area contributed by atoms with Crippen LogP contribution in [0.15, 0.2) is 108 Å². The maximum atomic E-state index is 14.5. The number of anilines is 1. The zero-order chi connectivity index (χ0) is 31.0. The molecule has 43 heavy (non-hydrogen) atoms. The summed E-state index contributed by atoms with van der Waals surface area (Å²) in [4.78, 5) is 29.5. The third kappa shape index (κ3) is 7.63. The molecule has 0 aliphatic heterocycles. The van der Waals surface area contributed by atoms with Gasteiger partial charge in [0.1, 0.15) is 12.6 Å². The summed E-state index contributed by atoms with van der Waals surface area (Å²) < 4.78 is 29.4. The minimum Gasteiger partial charge on any atom is -0.355 e. The fraction of sp³-hybridized carbons (Fsp3) is 0.235. The molecule has 0 fully saturated rings. The maximum absolute atomic E-state index is 14.5. The van der Waals surface area contributed by atoms with E-state index in [-0.39, 0.29) is 23.8 Å². The standard InChI is InChI=1S/C34H36ClN3O4S/c1-4-36-34(40)32(22-27-15-7-5-8-16-27)37(23-28-17-11-12-20-30(28)35)33(39)24-38(31-21-13-14-25(2)26(31)3)43(41,42)29-18-9-6-10-19-29/h5-21,32H,4,22-24H2,1-3H3,(H,36,40). The van der Waals surface area contributed by atoms with Crippen molar-refractivity contribution < 1.29 is 18.0 Å². The molecule has 224 valence electrons. The van der Waals surface area contributed by atoms with Crippen molar-refractivity contribution in [1.29, 1.82) is 0 Å². The number of sulfonamides is 1. The quantitative estimate of drug-likeness (QED) is 0.214. The molecule has 0 aromatic heterocycles. The number of carbonyl (C=O) groups excluding carboxylic acids is 2. The Kier molecular flexibility index (Phi) is 10.6. The van der Waals surface area contributed by atoms with Gasteiger partial charge in [-0.2, -0.15) is 0 Å². The van der Waals surface area contributed by atoms with Gasteiger partial charge in [-0.3, -0.25) is 13.9 Å². The average molecular weight is 618 g/mol. The normalized spacial score (nSPS) is 11.9. The van der Waals surface area contributed by atoms with E-state index in [0.29, 0.717) is 22.8 Å². The molecular weight excluding hydrogens is 582 g/mol. The van der Waals surface area contributed by atoms with Crippen LogP contribution in [-0.2, 0) is 32.6 Å². The van der Waals surface area contributed by atoms with Gasteiger partial charge < -0.3 is 10.2 Å². The lowest BCUT2D eigenvalue weighted by Crippen LogP contribution is -2.53. The highest BCUT2D eigenvalue weighted by Crippen LogP contribution is 2.29. The van der Waals surface area contributed by atoms with Gasteiger partial charge in [0, 0.05) is 24.5 Å². The summed E-state index contributed by atoms with van der Waals surface area (Å²) in [6, 6.07) is 29.0. The molecule has 4 aromatic carbocycles. The van der Waals surface area contributed by atoms with Crippen LogP contribution in [0.5, 0.6) is 0 Å². The van der Waals surface area contributed by atoms with Gasteiger partial charge in [-0.25, -0.2) is 8.42 Å². The van der Waals surface area contributed by atoms with Gasteiger partial charge in [-0.05, 0) is 67.3 Å². The second-order valence-electron chi connectivity index (χ2n) is 10.3. The Labute approximate surface area is 259 Å². The van der Waals surface area contributed by atoms with Gasteiger partial charge in [0.15, 0.2) is 0 Å². The molecule has 0 aliphatic carbocycles. The number of halogens is 1. The van der Waals surface area contributed by atoms with Crippen LogP contribution in [-0.4, -0.2) is 44.3 Å². The van der Waals surface area contributed by atoms with Crippen molar-refractivity contribution in [2.45, 2.75) is 44.7 Å². The molecule has 7 nitrogen and oxygen atoms in total. The van der Waals surface area contributed by atoms with Gasteiger partial charge in [-0.1, -0.05) is 90.5 Å². The Morgan fingerprint density at radius 2 is 1.47 bits per heavy atom. The van der Waals surface area contributed by atoms with Crippen LogP contribution in [0.2, 0.25) is 5.02 Å². The monoisotopic (exact) mass is 617 g/mol. The minimum atomic E-state index is -4.16. The number of nitrogens with zero attached hydrogens (tertiary/aromatic N) is 2. The molecule has 0 aliphatic rings. The molecule has 0 spiro atoms. The lowest BCUT2D eigenvalue weighted by atomic mass is 10.0. The van der Waals surface area contributed by atoms with E-state index in [2.05, 4.69) is 5.32 Å². The van der Waals surface area contributed by atoms with Gasteiger partial charge in [0.25, 0.3) is 10.0 Å². The van der Waals surface area contributed by atoms with Gasteiger partial charge >= 0.3 is 0 Å². The number of rotatable bonds is 12. The highest BCUT2D eigenvalue weighted by molar-refractivity contribution is 7.92. The van der Waals surface area contributed by atoms with Crippen LogP contribution < -0.4 is 9.62 Å². The summed E-state index contributed by atoms with van der Waals surface area (Å²) in [7, 11) is -4.16. The number of likely N-dealkylation sites (N-methyl/N-ethyl adjacent to an activating group) is 1. The first-order valence-electron chi connectivity index (χ1n) is 14.1. The molecule has 0 heterocycles. The largest absolute Gasteiger partial charge is 0.355 e. The summed E-state index contributed by atoms with van der Waals surface area (Å²) >= 11 is 6.53. The van der Waals surface area contributed by atoms with E-state index in [4.69, 9.17) is 11.6 Å². The predicted octanol–water partition coefficient (Wildman–Crippen LogP) is 5.93. The molecule has 4 aromatic rings. The Morgan fingerprint density at radius 1 is 0.837 bits per heavy atom. The van der Waals surface area contributed by atoms with Crippen molar-refractivity contribution in [1.82, 2.24) is 10.2 Å². The summed E-state index contributed by atoms with van der Waals surface area (Å²) in [5, 5.41) is 3.30. The summed E-state index contributed by atoms with van der Waals surface area (Å²) in [5.41, 5.74) is 3.52. The summed E-state index contributed by atoms with van der Waals surface area (Å²) in [5.74, 6) is -0.872. The van der Waals surface area contributed by atoms with E-state index in [1.165, 1.54) is 17.0 Å². The first-order chi connectivity index (χ1) is 20.6. The zero-order valence-corrected chi connectivity index (χ0v) is 26.1. The molecule has 0 saturated heterocycles. The molecule has 0 saturated carbocycles. The molecule has 9 heteroatoms. The molecule has 1 unspecified atom stereocenters. The van der Waals surface area contributed by atoms with Crippen LogP contribution in [0, 0.1) is 13.8 Å². The number of hydrogen-bond acceptors (Lipinski definition) is 4. The van der Waals surface area contributed by atoms with Crippen molar-refractivity contribution in [3.8, 4) is 0 Å². The lowest BCUT2D eigenvalue weighted by molar-refractivity contribution is -0.140. The summed E-state index contributed by atoms with van der Waals surface area (Å²) in [6.07, 6.45) is 0.234. The number of aryl methyl sites for hydroxylation is 1. The van der Waals surface area contributed by atoms with Crippen molar-refractivity contribution in [2.24, 2.45) is 0 Å². The predicted molar refractivity (Wildman–Crippen MR) is 172 cm³/mol. The Hall–Kier alpha value is -4.14. The van der Waals surface area contributed by atoms with E-state index >= 15 is 0 Å². The second kappa shape index (κ2) is 14.4. The first-order valence-corrected chi connectivity index (χ1v) is 15.9. The minimum absolute atomic E-state index is 0.0131. The molecule has 4 rings (SSSR count). The number of hydrogen-bond donors (Lipinski definition) is 1. The molecule has 0 radical (unpaired) electrons. The van der Waals surface area contributed by atoms with E-state index in [0.717, 1.165) is 21.0 Å². The smallest absolute Gasteiger partial charge is 0.264 e. The van der Waals surface area contributed by atoms with Crippen molar-refractivity contribution in [3.63, 3.8) is 0 Å². The number of benzene rings is 4. The van der Waals surface area contributed by atoms with E-state index in [1.54, 1.807) is 48.5 Å². The van der Waals surface area contributed by atoms with E-state index < -0.39 is 28.5 Å². The van der Waals surface area contributed by atoms with Crippen molar-refractivity contribution in [2.75, 3.05) is 17.4 Å². The second-order valence-corrected chi connectivity index (χ2v) is 12.5. The van der Waals surface area contributed by atoms with Crippen molar-refractivity contribution >= 4 is 39.1 Å². The van der Waals surface area contributed by atoms with E-state index in [1.807, 2.05) is 63.2 Å². The van der Waals surface area contributed by atoms with Crippen LogP contribution >= 0.6 is 11.6 Å². The maximum Gasteiger partial charge on any atom is 0.264 e. The highest BCUT2D eigenvalue weighted by Gasteiger charge is 2.35. The molecular formula is C34H36ClN3O4S. The average Bonchev–Trinajstić information content (AvgIpc) is 3.01. The lowest BCUT2D eigenvalue weighted by Gasteiger charge is -2.34. The SMILES string of the molecule is CCNC(=O)C(Cc1ccccc1)N(Cc1ccccc1Cl)C(=O)CN(c1cccc(C)c1C)S(=O)(=O)c1ccccc1. The highest BCUT2D eigenvalue weighted by atomic mass is 35.5. The van der Waals surface area contributed by atoms with Gasteiger partial charge in [-0.15, -0.1) is 0 Å². The Bertz CT molecular complexity index is 1660. The fourth-order valence-corrected chi connectivity index (χ4v) is 6.58. The third-order valence-electron chi connectivity index (χ3n) is 7.38. The fourth-order valence-electron chi connectivity index (χ4n) is 4.89. The van der Waals surface area contributed by atoms with Gasteiger partial charge in [0.2, 0.25) is 11.8 Å². The number of amides is 2. The van der Waals surface area contributed by atoms with Gasteiger partial charge in [0.05, 0.1) is 10.6 Å². The Balaban J connectivity index is 1.83. The molecule has 2 amide bonds. The topological polar surface area (TPSA) is 86.8 Å². The number of carbonyl (C=O) groups is 2. The molecule has 1 atom stereocenters. The van der Waals surface area contributed by atoms with Crippen molar-refractivity contribution in [3.05, 3.63) is 130 Å². The first kappa shape index (κ1) is 31.8. The van der Waals surface area contributed by atoms with Crippen LogP contribution in [0.25, 0.3) is 0 Å². The van der Waals surface area contributed by atoms with E-state index in [9.17, 15) is 18.0 Å². The van der Waals surface area contributed by atoms with Crippen LogP contribution in [0.1, 0.15) is 29.2 Å². The molecule has 0 bridgehead atoms. The third-order valence-corrected chi connectivity index (χ3v) is 9.52. The molecule has 1 N–H and O–H groups in total. The summed E-state index contributed by atoms with van der Waals surface area (Å²) in [6.45, 7) is 5.40. The zero-order valence-electron chi connectivity index (χ0n) is 24.5. The Morgan fingerprint density at radius 3 is 2.12 bits per heavy atom. The number of nitrogens with one attached hydrogen (secondary N) is 1. The van der Waals surface area contributed by atoms with Crippen LogP contribution in [0.3, 0.4) is 0 Å². The van der Waals surface area contributed by atoms with Crippen LogP contribution in [0.4, 0.5) is 5.69 Å².